The van der Waals surface area contributed by atoms with Crippen LogP contribution < -0.4 is 0 Å². The van der Waals surface area contributed by atoms with Gasteiger partial charge < -0.3 is 9.55 Å². The molecule has 5 heterocycles. The van der Waals surface area contributed by atoms with Gasteiger partial charge in [-0.15, -0.1) is 0 Å². The van der Waals surface area contributed by atoms with E-state index in [0.29, 0.717) is 0 Å². The van der Waals surface area contributed by atoms with Crippen LogP contribution in [0.3, 0.4) is 0 Å². The Labute approximate surface area is 162 Å². The summed E-state index contributed by atoms with van der Waals surface area (Å²) in [6.07, 6.45) is 7.93. The van der Waals surface area contributed by atoms with Crippen LogP contribution in [0.5, 0.6) is 0 Å². The highest BCUT2D eigenvalue weighted by Gasteiger charge is 2.10. The van der Waals surface area contributed by atoms with Crippen molar-refractivity contribution in [2.45, 2.75) is 13.0 Å². The van der Waals surface area contributed by atoms with Crippen molar-refractivity contribution < 1.29 is 0 Å². The van der Waals surface area contributed by atoms with Crippen LogP contribution in [-0.2, 0) is 0 Å². The molecule has 0 aromatic carbocycles. The maximum absolute atomic E-state index is 9.53. The first-order chi connectivity index (χ1) is 13.7. The maximum atomic E-state index is 9.53. The van der Waals surface area contributed by atoms with E-state index in [2.05, 4.69) is 21.0 Å². The molecule has 3 aromatic heterocycles. The molecular formula is C23H17N5. The fourth-order valence-corrected chi connectivity index (χ4v) is 3.54. The molecule has 5 nitrogen and oxygen atoms in total. The van der Waals surface area contributed by atoms with Gasteiger partial charge in [0.05, 0.1) is 39.9 Å². The van der Waals surface area contributed by atoms with Crippen LogP contribution in [0.4, 0.5) is 0 Å². The van der Waals surface area contributed by atoms with E-state index in [1.807, 2.05) is 84.3 Å². The van der Waals surface area contributed by atoms with E-state index >= 15 is 0 Å². The highest BCUT2D eigenvalue weighted by atomic mass is 15.0. The Hall–Kier alpha value is -3.91. The molecule has 5 heteroatoms. The van der Waals surface area contributed by atoms with Gasteiger partial charge in [-0.2, -0.15) is 5.26 Å². The van der Waals surface area contributed by atoms with Crippen LogP contribution in [0.25, 0.3) is 46.4 Å². The summed E-state index contributed by atoms with van der Waals surface area (Å²) in [6.45, 7) is 1.90. The molecule has 5 rings (SSSR count). The lowest BCUT2D eigenvalue weighted by Gasteiger charge is -2.08. The lowest BCUT2D eigenvalue weighted by atomic mass is 10.3. The van der Waals surface area contributed by atoms with Crippen LogP contribution in [0.1, 0.15) is 35.7 Å². The SMILES string of the molecule is CC(C#N)n1c2ccc3nc(c4nc(ccc5ccc([nH]5)c1cc2)C=C4)C=C3. The average molecular weight is 363 g/mol. The molecule has 8 bridgehead atoms. The van der Waals surface area contributed by atoms with E-state index in [1.165, 1.54) is 0 Å². The first-order valence-corrected chi connectivity index (χ1v) is 9.15. The Morgan fingerprint density at radius 1 is 0.857 bits per heavy atom. The van der Waals surface area contributed by atoms with Crippen LogP contribution in [0.15, 0.2) is 48.5 Å². The molecule has 0 amide bonds. The molecule has 2 aliphatic rings. The van der Waals surface area contributed by atoms with Gasteiger partial charge >= 0.3 is 0 Å². The molecule has 0 saturated heterocycles. The highest BCUT2D eigenvalue weighted by molar-refractivity contribution is 5.83. The van der Waals surface area contributed by atoms with Gasteiger partial charge in [-0.25, -0.2) is 9.97 Å². The summed E-state index contributed by atoms with van der Waals surface area (Å²) in [4.78, 5) is 12.7. The molecule has 134 valence electrons. The van der Waals surface area contributed by atoms with Crippen LogP contribution in [-0.4, -0.2) is 19.5 Å². The molecule has 0 fully saturated rings. The number of fused-ring (bicyclic) bond motifs is 10. The number of nitrogens with one attached hydrogen (secondary N) is 1. The maximum Gasteiger partial charge on any atom is 0.118 e. The second-order valence-corrected chi connectivity index (χ2v) is 6.82. The largest absolute Gasteiger partial charge is 0.354 e. The smallest absolute Gasteiger partial charge is 0.118 e. The number of hydrogen-bond donors (Lipinski definition) is 1. The minimum Gasteiger partial charge on any atom is -0.354 e. The first kappa shape index (κ1) is 16.3. The second kappa shape index (κ2) is 6.36. The van der Waals surface area contributed by atoms with Gasteiger partial charge in [0.15, 0.2) is 0 Å². The number of aromatic amines is 1. The molecule has 28 heavy (non-hydrogen) atoms. The minimum absolute atomic E-state index is 0.293. The molecule has 1 atom stereocenters. The van der Waals surface area contributed by atoms with Crippen molar-refractivity contribution in [3.05, 3.63) is 71.3 Å². The minimum atomic E-state index is -0.293. The van der Waals surface area contributed by atoms with E-state index in [-0.39, 0.29) is 6.04 Å². The van der Waals surface area contributed by atoms with E-state index in [9.17, 15) is 5.26 Å². The number of H-pyrrole nitrogens is 1. The van der Waals surface area contributed by atoms with Gasteiger partial charge in [0, 0.05) is 11.0 Å². The second-order valence-electron chi connectivity index (χ2n) is 6.82. The topological polar surface area (TPSA) is 70.3 Å². The van der Waals surface area contributed by atoms with Gasteiger partial charge in [0.2, 0.25) is 0 Å². The quantitative estimate of drug-likeness (QED) is 0.444. The van der Waals surface area contributed by atoms with Crippen molar-refractivity contribution in [2.75, 3.05) is 0 Å². The fraction of sp³-hybridized carbons (Fsp3) is 0.0870. The van der Waals surface area contributed by atoms with E-state index < -0.39 is 0 Å². The summed E-state index contributed by atoms with van der Waals surface area (Å²) < 4.78 is 2.04. The Kier molecular flexibility index (Phi) is 3.70. The highest BCUT2D eigenvalue weighted by Crippen LogP contribution is 2.23. The number of rotatable bonds is 1. The predicted octanol–water partition coefficient (Wildman–Crippen LogP) is 5.21. The zero-order valence-electron chi connectivity index (χ0n) is 15.3. The van der Waals surface area contributed by atoms with Gasteiger partial charge in [-0.05, 0) is 79.8 Å². The standard InChI is InChI=1S/C23H17N5/c1-15(14-24)28-19-8-4-18-6-11-21(26-18)20-10-5-16(25-20)2-3-17-7-12-22(27-17)23(28)13-9-19/h2-13,15,27H,1H3. The van der Waals surface area contributed by atoms with E-state index in [1.54, 1.807) is 0 Å². The van der Waals surface area contributed by atoms with Crippen molar-refractivity contribution in [1.82, 2.24) is 19.5 Å². The molecule has 0 saturated carbocycles. The normalized spacial score (nSPS) is 13.4. The van der Waals surface area contributed by atoms with Crippen LogP contribution in [0.2, 0.25) is 0 Å². The van der Waals surface area contributed by atoms with Crippen molar-refractivity contribution in [3.63, 3.8) is 0 Å². The van der Waals surface area contributed by atoms with Gasteiger partial charge in [-0.1, -0.05) is 0 Å². The summed E-state index contributed by atoms with van der Waals surface area (Å²) in [5.74, 6) is 0. The Bertz CT molecular complexity index is 1340. The zero-order chi connectivity index (χ0) is 19.1. The first-order valence-electron chi connectivity index (χ1n) is 9.15. The molecule has 3 aromatic rings. The van der Waals surface area contributed by atoms with Gasteiger partial charge in [0.1, 0.15) is 6.04 Å². The average Bonchev–Trinajstić information content (AvgIpc) is 3.49. The third-order valence-corrected chi connectivity index (χ3v) is 4.95. The molecule has 0 radical (unpaired) electrons. The number of hydrogen-bond acceptors (Lipinski definition) is 3. The number of nitrogens with zero attached hydrogens (tertiary/aromatic N) is 4. The predicted molar refractivity (Wildman–Crippen MR) is 113 cm³/mol. The summed E-state index contributed by atoms with van der Waals surface area (Å²) in [5, 5.41) is 9.53. The van der Waals surface area contributed by atoms with Crippen molar-refractivity contribution in [2.24, 2.45) is 0 Å². The third-order valence-electron chi connectivity index (χ3n) is 4.95. The van der Waals surface area contributed by atoms with Crippen molar-refractivity contribution in [3.8, 4) is 6.07 Å². The van der Waals surface area contributed by atoms with Gasteiger partial charge in [-0.3, -0.25) is 0 Å². The monoisotopic (exact) mass is 363 g/mol. The molecule has 0 aliphatic carbocycles. The van der Waals surface area contributed by atoms with Crippen molar-refractivity contribution in [1.29, 1.82) is 5.26 Å². The molecule has 1 N–H and O–H groups in total. The molecule has 2 aliphatic heterocycles. The number of nitriles is 1. The van der Waals surface area contributed by atoms with Crippen LogP contribution >= 0.6 is 0 Å². The Morgan fingerprint density at radius 3 is 2.21 bits per heavy atom. The summed E-state index contributed by atoms with van der Waals surface area (Å²) in [6, 6.07) is 18.2. The molecular weight excluding hydrogens is 346 g/mol. The summed E-state index contributed by atoms with van der Waals surface area (Å²) in [7, 11) is 0. The lowest BCUT2D eigenvalue weighted by molar-refractivity contribution is 0.724. The zero-order valence-corrected chi connectivity index (χ0v) is 15.3. The lowest BCUT2D eigenvalue weighted by Crippen LogP contribution is -2.01. The summed E-state index contributed by atoms with van der Waals surface area (Å²) >= 11 is 0. The summed E-state index contributed by atoms with van der Waals surface area (Å²) in [5.41, 5.74) is 7.36. The fourth-order valence-electron chi connectivity index (χ4n) is 3.54. The van der Waals surface area contributed by atoms with Crippen molar-refractivity contribution >= 4 is 46.4 Å². The van der Waals surface area contributed by atoms with Crippen LogP contribution in [0, 0.1) is 11.3 Å². The molecule has 1 unspecified atom stereocenters. The van der Waals surface area contributed by atoms with E-state index in [4.69, 9.17) is 0 Å². The molecule has 0 spiro atoms. The number of aromatic nitrogens is 4. The Morgan fingerprint density at radius 2 is 1.50 bits per heavy atom. The Balaban J connectivity index is 1.89. The van der Waals surface area contributed by atoms with E-state index in [0.717, 1.165) is 44.8 Å². The van der Waals surface area contributed by atoms with Gasteiger partial charge in [0.25, 0.3) is 0 Å². The third kappa shape index (κ3) is 2.72.